The first-order valence-corrected chi connectivity index (χ1v) is 8.16. The maximum Gasteiger partial charge on any atom is 0.133 e. The minimum Gasteiger partial charge on any atom is -0.352 e. The Morgan fingerprint density at radius 3 is 2.76 bits per heavy atom. The molecule has 0 spiro atoms. The van der Waals surface area contributed by atoms with Crippen LogP contribution in [0.5, 0.6) is 0 Å². The Kier molecular flexibility index (Phi) is 4.03. The minimum atomic E-state index is 0.298. The van der Waals surface area contributed by atoms with Crippen LogP contribution in [0.15, 0.2) is 30.0 Å². The van der Waals surface area contributed by atoms with Crippen molar-refractivity contribution in [1.29, 1.82) is 0 Å². The van der Waals surface area contributed by atoms with E-state index in [2.05, 4.69) is 48.1 Å². The van der Waals surface area contributed by atoms with Crippen molar-refractivity contribution in [2.24, 2.45) is 5.41 Å². The van der Waals surface area contributed by atoms with Crippen molar-refractivity contribution in [2.45, 2.75) is 52.6 Å². The lowest BCUT2D eigenvalue weighted by Gasteiger charge is -2.33. The molecular formula is C18H27N3. The van der Waals surface area contributed by atoms with Crippen LogP contribution in [0.25, 0.3) is 0 Å². The Morgan fingerprint density at radius 1 is 1.33 bits per heavy atom. The molecule has 1 N–H and O–H groups in total. The van der Waals surface area contributed by atoms with Gasteiger partial charge in [0.05, 0.1) is 0 Å². The van der Waals surface area contributed by atoms with Crippen molar-refractivity contribution < 1.29 is 0 Å². The van der Waals surface area contributed by atoms with Gasteiger partial charge in [-0.2, -0.15) is 0 Å². The monoisotopic (exact) mass is 285 g/mol. The van der Waals surface area contributed by atoms with E-state index in [9.17, 15) is 0 Å². The van der Waals surface area contributed by atoms with Crippen LogP contribution >= 0.6 is 0 Å². The highest BCUT2D eigenvalue weighted by atomic mass is 15.2. The summed E-state index contributed by atoms with van der Waals surface area (Å²) in [6, 6.07) is 5.00. The summed E-state index contributed by atoms with van der Waals surface area (Å²) in [6.45, 7) is 9.93. The van der Waals surface area contributed by atoms with Crippen molar-refractivity contribution in [1.82, 2.24) is 10.3 Å². The lowest BCUT2D eigenvalue weighted by atomic mass is 9.83. The summed E-state index contributed by atoms with van der Waals surface area (Å²) in [6.07, 6.45) is 8.12. The Morgan fingerprint density at radius 2 is 2.14 bits per heavy atom. The smallest absolute Gasteiger partial charge is 0.133 e. The second kappa shape index (κ2) is 5.80. The molecule has 0 bridgehead atoms. The van der Waals surface area contributed by atoms with Gasteiger partial charge < -0.3 is 10.2 Å². The number of anilines is 1. The van der Waals surface area contributed by atoms with Gasteiger partial charge in [-0.25, -0.2) is 4.98 Å². The molecule has 0 aromatic carbocycles. The maximum absolute atomic E-state index is 4.64. The molecular weight excluding hydrogens is 258 g/mol. The minimum absolute atomic E-state index is 0.298. The normalized spacial score (nSPS) is 19.6. The molecule has 0 saturated heterocycles. The van der Waals surface area contributed by atoms with Crippen molar-refractivity contribution in [3.05, 3.63) is 35.5 Å². The molecule has 114 valence electrons. The van der Waals surface area contributed by atoms with Gasteiger partial charge in [0.1, 0.15) is 5.82 Å². The summed E-state index contributed by atoms with van der Waals surface area (Å²) >= 11 is 0. The molecule has 1 aromatic heterocycles. The van der Waals surface area contributed by atoms with Crippen molar-refractivity contribution in [3.8, 4) is 0 Å². The highest BCUT2D eigenvalue weighted by molar-refractivity contribution is 5.48. The molecule has 2 aliphatic rings. The number of hydrogen-bond donors (Lipinski definition) is 1. The number of hydrogen-bond acceptors (Lipinski definition) is 3. The fourth-order valence-electron chi connectivity index (χ4n) is 2.94. The molecule has 0 radical (unpaired) electrons. The van der Waals surface area contributed by atoms with Crippen LogP contribution in [0.3, 0.4) is 0 Å². The van der Waals surface area contributed by atoms with Gasteiger partial charge in [0.2, 0.25) is 0 Å². The second-order valence-corrected chi connectivity index (χ2v) is 7.32. The lowest BCUT2D eigenvalue weighted by Crippen LogP contribution is -2.33. The molecule has 1 aromatic rings. The third kappa shape index (κ3) is 3.65. The summed E-state index contributed by atoms with van der Waals surface area (Å²) in [5.74, 6) is 1.16. The molecule has 3 heteroatoms. The van der Waals surface area contributed by atoms with Crippen LogP contribution in [0, 0.1) is 5.41 Å². The van der Waals surface area contributed by atoms with E-state index in [1.807, 2.05) is 12.3 Å². The predicted octanol–water partition coefficient (Wildman–Crippen LogP) is 3.52. The summed E-state index contributed by atoms with van der Waals surface area (Å²) in [4.78, 5) is 7.06. The number of nitrogens with one attached hydrogen (secondary N) is 1. The van der Waals surface area contributed by atoms with Crippen molar-refractivity contribution in [2.75, 3.05) is 18.0 Å². The molecule has 1 aliphatic carbocycles. The molecule has 2 heterocycles. The van der Waals surface area contributed by atoms with E-state index in [-0.39, 0.29) is 0 Å². The van der Waals surface area contributed by atoms with Crippen LogP contribution in [0.4, 0.5) is 5.82 Å². The predicted molar refractivity (Wildman–Crippen MR) is 88.5 cm³/mol. The maximum atomic E-state index is 4.64. The van der Waals surface area contributed by atoms with Gasteiger partial charge in [-0.15, -0.1) is 0 Å². The number of nitrogens with zero attached hydrogens (tertiary/aromatic N) is 2. The summed E-state index contributed by atoms with van der Waals surface area (Å²) in [7, 11) is 0. The van der Waals surface area contributed by atoms with E-state index in [0.29, 0.717) is 5.41 Å². The zero-order valence-corrected chi connectivity index (χ0v) is 13.5. The second-order valence-electron chi connectivity index (χ2n) is 7.32. The SMILES string of the molecule is CC(C)(C)C1=CCN(c2ncccc2CNC2CC2)CC1. The van der Waals surface area contributed by atoms with E-state index in [4.69, 9.17) is 0 Å². The molecule has 1 saturated carbocycles. The average molecular weight is 285 g/mol. The van der Waals surface area contributed by atoms with Gasteiger partial charge in [-0.3, -0.25) is 0 Å². The first kappa shape index (κ1) is 14.6. The molecule has 1 fully saturated rings. The molecule has 0 amide bonds. The molecule has 3 rings (SSSR count). The first-order valence-electron chi connectivity index (χ1n) is 8.16. The van der Waals surface area contributed by atoms with Crippen LogP contribution in [0.1, 0.15) is 45.6 Å². The van der Waals surface area contributed by atoms with Gasteiger partial charge in [0, 0.05) is 37.4 Å². The van der Waals surface area contributed by atoms with Gasteiger partial charge in [-0.05, 0) is 30.7 Å². The molecule has 3 nitrogen and oxygen atoms in total. The molecule has 1 aliphatic heterocycles. The first-order chi connectivity index (χ1) is 10.0. The highest BCUT2D eigenvalue weighted by Gasteiger charge is 2.24. The standard InChI is InChI=1S/C18H27N3/c1-18(2,3)15-8-11-21(12-9-15)17-14(5-4-10-19-17)13-20-16-6-7-16/h4-5,8,10,16,20H,6-7,9,11-13H2,1-3H3. The van der Waals surface area contributed by atoms with Gasteiger partial charge in [-0.1, -0.05) is 38.5 Å². The van der Waals surface area contributed by atoms with Gasteiger partial charge >= 0.3 is 0 Å². The Balaban J connectivity index is 1.71. The highest BCUT2D eigenvalue weighted by Crippen LogP contribution is 2.32. The van der Waals surface area contributed by atoms with Gasteiger partial charge in [0.25, 0.3) is 0 Å². The zero-order chi connectivity index (χ0) is 14.9. The Labute approximate surface area is 128 Å². The van der Waals surface area contributed by atoms with Crippen LogP contribution in [-0.2, 0) is 6.54 Å². The van der Waals surface area contributed by atoms with Crippen molar-refractivity contribution >= 4 is 5.82 Å². The molecule has 0 unspecified atom stereocenters. The lowest BCUT2D eigenvalue weighted by molar-refractivity contribution is 0.472. The summed E-state index contributed by atoms with van der Waals surface area (Å²) < 4.78 is 0. The van der Waals surface area contributed by atoms with Crippen LogP contribution < -0.4 is 10.2 Å². The Hall–Kier alpha value is -1.35. The molecule has 0 atom stereocenters. The third-order valence-corrected chi connectivity index (χ3v) is 4.50. The van der Waals surface area contributed by atoms with Crippen molar-refractivity contribution in [3.63, 3.8) is 0 Å². The number of rotatable bonds is 4. The van der Waals surface area contributed by atoms with E-state index in [1.165, 1.54) is 18.4 Å². The van der Waals surface area contributed by atoms with E-state index in [1.54, 1.807) is 5.57 Å². The van der Waals surface area contributed by atoms with Crippen LogP contribution in [0.2, 0.25) is 0 Å². The average Bonchev–Trinajstić information content (AvgIpc) is 3.29. The van der Waals surface area contributed by atoms with E-state index >= 15 is 0 Å². The van der Waals surface area contributed by atoms with E-state index in [0.717, 1.165) is 37.9 Å². The quantitative estimate of drug-likeness (QED) is 0.858. The summed E-state index contributed by atoms with van der Waals surface area (Å²) in [5.41, 5.74) is 3.20. The number of aromatic nitrogens is 1. The zero-order valence-electron chi connectivity index (χ0n) is 13.5. The largest absolute Gasteiger partial charge is 0.352 e. The Bertz CT molecular complexity index is 524. The van der Waals surface area contributed by atoms with E-state index < -0.39 is 0 Å². The third-order valence-electron chi connectivity index (χ3n) is 4.50. The van der Waals surface area contributed by atoms with Crippen LogP contribution in [-0.4, -0.2) is 24.1 Å². The fraction of sp³-hybridized carbons (Fsp3) is 0.611. The van der Waals surface area contributed by atoms with Gasteiger partial charge in [0.15, 0.2) is 0 Å². The number of pyridine rings is 1. The fourth-order valence-corrected chi connectivity index (χ4v) is 2.94. The molecule has 21 heavy (non-hydrogen) atoms. The summed E-state index contributed by atoms with van der Waals surface area (Å²) in [5, 5.41) is 3.60. The topological polar surface area (TPSA) is 28.2 Å².